The first-order valence-corrected chi connectivity index (χ1v) is 8.07. The molecule has 0 aliphatic carbocycles. The molecule has 1 aliphatic heterocycles. The monoisotopic (exact) mass is 292 g/mol. The van der Waals surface area contributed by atoms with Gasteiger partial charge in [-0.15, -0.1) is 0 Å². The topological polar surface area (TPSA) is 15.6 Å². The fraction of sp³-hybridized carbons (Fsp3) is 0.350. The highest BCUT2D eigenvalue weighted by Crippen LogP contribution is 2.36. The maximum Gasteiger partial charge on any atom is 0.0710 e. The van der Waals surface area contributed by atoms with Gasteiger partial charge < -0.3 is 4.90 Å². The molecule has 0 saturated heterocycles. The highest BCUT2D eigenvalue weighted by Gasteiger charge is 2.18. The van der Waals surface area contributed by atoms with Gasteiger partial charge in [-0.25, -0.2) is 0 Å². The molecule has 0 aromatic heterocycles. The quantitative estimate of drug-likeness (QED) is 0.748. The average molecular weight is 292 g/mol. The zero-order valence-corrected chi connectivity index (χ0v) is 13.8. The van der Waals surface area contributed by atoms with Crippen LogP contribution in [0.1, 0.15) is 30.0 Å². The van der Waals surface area contributed by atoms with E-state index in [2.05, 4.69) is 68.3 Å². The number of anilines is 1. The third-order valence-electron chi connectivity index (χ3n) is 4.40. The highest BCUT2D eigenvalue weighted by atomic mass is 15.1. The Bertz CT molecular complexity index is 686. The average Bonchev–Trinajstić information content (AvgIpc) is 2.51. The smallest absolute Gasteiger partial charge is 0.0710 e. The molecule has 0 amide bonds. The van der Waals surface area contributed by atoms with E-state index in [1.165, 1.54) is 40.2 Å². The van der Waals surface area contributed by atoms with Crippen LogP contribution in [-0.4, -0.2) is 19.3 Å². The fourth-order valence-corrected chi connectivity index (χ4v) is 3.24. The van der Waals surface area contributed by atoms with Gasteiger partial charge in [-0.3, -0.25) is 4.99 Å². The molecule has 2 aromatic carbocycles. The van der Waals surface area contributed by atoms with Gasteiger partial charge in [0.05, 0.1) is 5.69 Å². The first-order chi connectivity index (χ1) is 10.6. The molecule has 2 nitrogen and oxygen atoms in total. The number of hydrogen-bond donors (Lipinski definition) is 0. The number of nitrogens with zero attached hydrogens (tertiary/aromatic N) is 2. The zero-order valence-electron chi connectivity index (χ0n) is 13.8. The minimum Gasteiger partial charge on any atom is -0.374 e. The Kier molecular flexibility index (Phi) is 4.28. The first kappa shape index (κ1) is 14.8. The van der Waals surface area contributed by atoms with E-state index in [9.17, 15) is 0 Å². The van der Waals surface area contributed by atoms with Gasteiger partial charge in [0.2, 0.25) is 0 Å². The molecular weight excluding hydrogens is 268 g/mol. The van der Waals surface area contributed by atoms with Gasteiger partial charge in [0.1, 0.15) is 0 Å². The van der Waals surface area contributed by atoms with Crippen molar-refractivity contribution in [2.75, 3.05) is 18.5 Å². The maximum atomic E-state index is 4.99. The second-order valence-electron chi connectivity index (χ2n) is 6.26. The van der Waals surface area contributed by atoms with Crippen molar-refractivity contribution < 1.29 is 0 Å². The van der Waals surface area contributed by atoms with Crippen LogP contribution in [0.2, 0.25) is 0 Å². The van der Waals surface area contributed by atoms with Gasteiger partial charge in [0, 0.05) is 37.0 Å². The molecule has 114 valence electrons. The van der Waals surface area contributed by atoms with Crippen molar-refractivity contribution in [1.82, 2.24) is 0 Å². The lowest BCUT2D eigenvalue weighted by Gasteiger charge is -2.29. The summed E-state index contributed by atoms with van der Waals surface area (Å²) >= 11 is 0. The van der Waals surface area contributed by atoms with Gasteiger partial charge in [0.25, 0.3) is 0 Å². The van der Waals surface area contributed by atoms with Crippen molar-refractivity contribution in [2.24, 2.45) is 4.99 Å². The van der Waals surface area contributed by atoms with Gasteiger partial charge in [0.15, 0.2) is 0 Å². The molecule has 2 heteroatoms. The first-order valence-electron chi connectivity index (χ1n) is 8.07. The fourth-order valence-electron chi connectivity index (χ4n) is 3.24. The summed E-state index contributed by atoms with van der Waals surface area (Å²) in [5.74, 6) is 0. The van der Waals surface area contributed by atoms with E-state index in [4.69, 9.17) is 4.99 Å². The van der Waals surface area contributed by atoms with Gasteiger partial charge in [-0.05, 0) is 43.9 Å². The second kappa shape index (κ2) is 6.35. The SMILES string of the molecule is C/C(Cc1ccccc1)=N\c1c(C)ccc2c1CCCN2C. The molecule has 0 fully saturated rings. The number of rotatable bonds is 3. The molecule has 0 atom stereocenters. The van der Waals surface area contributed by atoms with Crippen molar-refractivity contribution in [2.45, 2.75) is 33.1 Å². The Hall–Kier alpha value is -2.09. The Morgan fingerprint density at radius 3 is 2.68 bits per heavy atom. The third-order valence-corrected chi connectivity index (χ3v) is 4.40. The lowest BCUT2D eigenvalue weighted by molar-refractivity contribution is 0.744. The summed E-state index contributed by atoms with van der Waals surface area (Å²) in [5.41, 5.74) is 7.74. The summed E-state index contributed by atoms with van der Waals surface area (Å²) in [6.07, 6.45) is 3.27. The predicted molar refractivity (Wildman–Crippen MR) is 95.7 cm³/mol. The number of benzene rings is 2. The van der Waals surface area contributed by atoms with Crippen molar-refractivity contribution in [1.29, 1.82) is 0 Å². The van der Waals surface area contributed by atoms with Crippen molar-refractivity contribution in [3.63, 3.8) is 0 Å². The van der Waals surface area contributed by atoms with Crippen LogP contribution in [0.3, 0.4) is 0 Å². The summed E-state index contributed by atoms with van der Waals surface area (Å²) in [5, 5.41) is 0. The van der Waals surface area contributed by atoms with Crippen LogP contribution in [0.4, 0.5) is 11.4 Å². The van der Waals surface area contributed by atoms with Crippen LogP contribution < -0.4 is 4.90 Å². The molecule has 0 N–H and O–H groups in total. The second-order valence-corrected chi connectivity index (χ2v) is 6.26. The minimum atomic E-state index is 0.916. The third kappa shape index (κ3) is 3.06. The Morgan fingerprint density at radius 2 is 1.91 bits per heavy atom. The van der Waals surface area contributed by atoms with E-state index in [-0.39, 0.29) is 0 Å². The lowest BCUT2D eigenvalue weighted by Crippen LogP contribution is -2.24. The molecule has 1 aliphatic rings. The number of hydrogen-bond acceptors (Lipinski definition) is 2. The predicted octanol–water partition coefficient (Wildman–Crippen LogP) is 4.71. The van der Waals surface area contributed by atoms with Crippen molar-refractivity contribution in [3.8, 4) is 0 Å². The zero-order chi connectivity index (χ0) is 15.5. The van der Waals surface area contributed by atoms with Crippen molar-refractivity contribution >= 4 is 17.1 Å². The lowest BCUT2D eigenvalue weighted by atomic mass is 9.97. The Labute approximate surface area is 133 Å². The van der Waals surface area contributed by atoms with E-state index >= 15 is 0 Å². The van der Waals surface area contributed by atoms with E-state index in [1.807, 2.05) is 0 Å². The molecule has 3 rings (SSSR count). The largest absolute Gasteiger partial charge is 0.374 e. The molecule has 0 radical (unpaired) electrons. The van der Waals surface area contributed by atoms with Crippen LogP contribution >= 0.6 is 0 Å². The van der Waals surface area contributed by atoms with Crippen LogP contribution in [-0.2, 0) is 12.8 Å². The van der Waals surface area contributed by atoms with Crippen molar-refractivity contribution in [3.05, 3.63) is 59.2 Å². The number of aliphatic imine (C=N–C) groups is 1. The molecule has 1 heterocycles. The summed E-state index contributed by atoms with van der Waals surface area (Å²) in [6, 6.07) is 15.0. The Balaban J connectivity index is 1.94. The molecule has 0 saturated carbocycles. The maximum absolute atomic E-state index is 4.99. The summed E-state index contributed by atoms with van der Waals surface area (Å²) in [7, 11) is 2.18. The van der Waals surface area contributed by atoms with E-state index in [0.29, 0.717) is 0 Å². The summed E-state index contributed by atoms with van der Waals surface area (Å²) < 4.78 is 0. The Morgan fingerprint density at radius 1 is 1.14 bits per heavy atom. The molecule has 2 aromatic rings. The highest BCUT2D eigenvalue weighted by molar-refractivity contribution is 5.88. The van der Waals surface area contributed by atoms with E-state index < -0.39 is 0 Å². The minimum absolute atomic E-state index is 0.916. The van der Waals surface area contributed by atoms with E-state index in [0.717, 1.165) is 19.4 Å². The van der Waals surface area contributed by atoms with Crippen LogP contribution in [0.15, 0.2) is 47.5 Å². The molecular formula is C20H24N2. The summed E-state index contributed by atoms with van der Waals surface area (Å²) in [6.45, 7) is 5.45. The molecule has 0 spiro atoms. The van der Waals surface area contributed by atoms with Gasteiger partial charge >= 0.3 is 0 Å². The van der Waals surface area contributed by atoms with Crippen LogP contribution in [0, 0.1) is 6.92 Å². The van der Waals surface area contributed by atoms with Crippen LogP contribution in [0.25, 0.3) is 0 Å². The van der Waals surface area contributed by atoms with E-state index in [1.54, 1.807) is 0 Å². The normalized spacial score (nSPS) is 14.9. The number of fused-ring (bicyclic) bond motifs is 1. The molecule has 22 heavy (non-hydrogen) atoms. The van der Waals surface area contributed by atoms with Gasteiger partial charge in [-0.2, -0.15) is 0 Å². The van der Waals surface area contributed by atoms with Crippen LogP contribution in [0.5, 0.6) is 0 Å². The standard InChI is InChI=1S/C20H24N2/c1-15-11-12-19-18(10-7-13-22(19)3)20(15)21-16(2)14-17-8-5-4-6-9-17/h4-6,8-9,11-12H,7,10,13-14H2,1-3H3/b21-16+. The summed E-state index contributed by atoms with van der Waals surface area (Å²) in [4.78, 5) is 7.34. The molecule has 0 bridgehead atoms. The number of aryl methyl sites for hydroxylation is 1. The molecule has 0 unspecified atom stereocenters. The van der Waals surface area contributed by atoms with Gasteiger partial charge in [-0.1, -0.05) is 36.4 Å².